The van der Waals surface area contributed by atoms with E-state index in [9.17, 15) is 9.90 Å². The van der Waals surface area contributed by atoms with E-state index in [1.54, 1.807) is 44.6 Å². The highest BCUT2D eigenvalue weighted by Gasteiger charge is 2.50. The number of halogens is 2. The fourth-order valence-corrected chi connectivity index (χ4v) is 4.38. The van der Waals surface area contributed by atoms with Gasteiger partial charge in [-0.3, -0.25) is 4.79 Å². The number of hydrogen-bond donors (Lipinski definition) is 1. The number of Topliss-reactive ketones (excluding diaryl/α,β-unsaturated/α-hetero) is 1. The lowest BCUT2D eigenvalue weighted by Crippen LogP contribution is -2.41. The number of methoxy groups -OCH3 is 2. The number of carbonyl (C=O) groups is 1. The normalized spacial score (nSPS) is 20.5. The quantitative estimate of drug-likeness (QED) is 0.445. The second-order valence-corrected chi connectivity index (χ2v) is 8.52. The molecule has 1 aliphatic carbocycles. The van der Waals surface area contributed by atoms with Gasteiger partial charge in [-0.05, 0) is 42.7 Å². The Bertz CT molecular complexity index is 1090. The molecule has 1 unspecified atom stereocenters. The number of allylic oxidation sites excluding steroid dienone is 2. The highest BCUT2D eigenvalue weighted by atomic mass is 35.5. The van der Waals surface area contributed by atoms with Crippen molar-refractivity contribution in [3.8, 4) is 11.5 Å². The van der Waals surface area contributed by atoms with E-state index in [0.29, 0.717) is 57.2 Å². The van der Waals surface area contributed by atoms with Crippen LogP contribution in [0.5, 0.6) is 11.5 Å². The van der Waals surface area contributed by atoms with Crippen LogP contribution in [0.2, 0.25) is 10.0 Å². The Morgan fingerprint density at radius 3 is 2.06 bits per heavy atom. The lowest BCUT2D eigenvalue weighted by atomic mass is 9.68. The Kier molecular flexibility index (Phi) is 7.71. The molecule has 0 amide bonds. The van der Waals surface area contributed by atoms with Crippen LogP contribution in [0.15, 0.2) is 42.5 Å². The maximum atomic E-state index is 14.0. The Balaban J connectivity index is 2.47. The van der Waals surface area contributed by atoms with Crippen molar-refractivity contribution in [1.29, 1.82) is 0 Å². The van der Waals surface area contributed by atoms with Gasteiger partial charge < -0.3 is 14.6 Å². The Labute approximate surface area is 199 Å². The van der Waals surface area contributed by atoms with E-state index in [4.69, 9.17) is 32.7 Å². The first-order valence-electron chi connectivity index (χ1n) is 10.7. The van der Waals surface area contributed by atoms with E-state index < -0.39 is 11.4 Å². The molecule has 0 bridgehead atoms. The molecule has 1 N–H and O–H groups in total. The lowest BCUT2D eigenvalue weighted by Gasteiger charge is -2.38. The summed E-state index contributed by atoms with van der Waals surface area (Å²) in [6, 6.07) is 8.36. The molecule has 32 heavy (non-hydrogen) atoms. The van der Waals surface area contributed by atoms with E-state index in [2.05, 4.69) is 0 Å². The first-order valence-corrected chi connectivity index (χ1v) is 11.5. The minimum Gasteiger partial charge on any atom is -0.496 e. The highest BCUT2D eigenvalue weighted by Crippen LogP contribution is 2.53. The summed E-state index contributed by atoms with van der Waals surface area (Å²) < 4.78 is 11.3. The number of ether oxygens (including phenoxy) is 2. The number of unbranched alkanes of at least 4 members (excludes halogenated alkanes) is 2. The average molecular weight is 475 g/mol. The van der Waals surface area contributed by atoms with Crippen molar-refractivity contribution in [2.75, 3.05) is 14.2 Å². The van der Waals surface area contributed by atoms with Crippen LogP contribution in [-0.4, -0.2) is 25.1 Å². The molecule has 0 aromatic heterocycles. The topological polar surface area (TPSA) is 55.8 Å². The predicted molar refractivity (Wildman–Crippen MR) is 131 cm³/mol. The number of carbonyl (C=O) groups excluding carboxylic acids is 1. The van der Waals surface area contributed by atoms with E-state index in [1.807, 2.05) is 26.0 Å². The number of aliphatic hydroxyl groups is 1. The van der Waals surface area contributed by atoms with Gasteiger partial charge in [0.2, 0.25) is 5.78 Å². The van der Waals surface area contributed by atoms with Crippen LogP contribution in [0, 0.1) is 0 Å². The molecular weight excluding hydrogens is 447 g/mol. The van der Waals surface area contributed by atoms with Crippen molar-refractivity contribution < 1.29 is 19.4 Å². The van der Waals surface area contributed by atoms with Crippen molar-refractivity contribution >= 4 is 40.1 Å². The summed E-state index contributed by atoms with van der Waals surface area (Å²) in [5.74, 6) is 0.678. The van der Waals surface area contributed by atoms with Crippen molar-refractivity contribution in [3.05, 3.63) is 69.2 Å². The molecule has 170 valence electrons. The van der Waals surface area contributed by atoms with Crippen LogP contribution in [-0.2, 0) is 10.4 Å². The average Bonchev–Trinajstić information content (AvgIpc) is 2.80. The molecule has 0 saturated carbocycles. The third-order valence-corrected chi connectivity index (χ3v) is 6.42. The molecule has 4 nitrogen and oxygen atoms in total. The fourth-order valence-electron chi connectivity index (χ4n) is 4.08. The highest BCUT2D eigenvalue weighted by molar-refractivity contribution is 6.42. The Morgan fingerprint density at radius 2 is 1.50 bits per heavy atom. The van der Waals surface area contributed by atoms with Crippen molar-refractivity contribution in [1.82, 2.24) is 0 Å². The fraction of sp³-hybridized carbons (Fsp3) is 0.346. The van der Waals surface area contributed by atoms with Crippen molar-refractivity contribution in [2.24, 2.45) is 0 Å². The first kappa shape index (κ1) is 24.4. The molecule has 1 aliphatic rings. The van der Waals surface area contributed by atoms with Crippen LogP contribution < -0.4 is 9.47 Å². The van der Waals surface area contributed by atoms with E-state index >= 15 is 0 Å². The molecule has 2 aromatic carbocycles. The molecule has 2 aromatic rings. The van der Waals surface area contributed by atoms with Gasteiger partial charge in [0.15, 0.2) is 5.60 Å². The van der Waals surface area contributed by atoms with E-state index in [0.717, 1.165) is 12.8 Å². The zero-order valence-electron chi connectivity index (χ0n) is 18.8. The van der Waals surface area contributed by atoms with Crippen LogP contribution in [0.4, 0.5) is 0 Å². The van der Waals surface area contributed by atoms with Gasteiger partial charge in [-0.2, -0.15) is 0 Å². The maximum absolute atomic E-state index is 14.0. The van der Waals surface area contributed by atoms with Gasteiger partial charge in [-0.15, -0.1) is 0 Å². The maximum Gasteiger partial charge on any atom is 0.204 e. The number of rotatable bonds is 7. The first-order chi connectivity index (χ1) is 15.3. The zero-order chi connectivity index (χ0) is 23.5. The standard InChI is InChI=1S/C26H28Cl2O4/c1-5-7-9-17-23-21(31-3)13-14-22(32-4)24(23)18(10-8-6-2)26(30,25(17)29)16-11-12-19(27)20(28)15-16/h9-15,30H,5-8H2,1-4H3/b17-9-,18-10-. The summed E-state index contributed by atoms with van der Waals surface area (Å²) >= 11 is 12.4. The van der Waals surface area contributed by atoms with Crippen molar-refractivity contribution in [2.45, 2.75) is 45.1 Å². The lowest BCUT2D eigenvalue weighted by molar-refractivity contribution is -0.126. The van der Waals surface area contributed by atoms with Gasteiger partial charge in [0.1, 0.15) is 11.5 Å². The minimum atomic E-state index is -1.95. The summed E-state index contributed by atoms with van der Waals surface area (Å²) in [6.45, 7) is 4.07. The predicted octanol–water partition coefficient (Wildman–Crippen LogP) is 6.85. The van der Waals surface area contributed by atoms with Gasteiger partial charge in [-0.1, -0.05) is 68.1 Å². The van der Waals surface area contributed by atoms with Crippen LogP contribution in [0.25, 0.3) is 11.1 Å². The molecule has 6 heteroatoms. The van der Waals surface area contributed by atoms with Crippen LogP contribution in [0.1, 0.15) is 56.2 Å². The van der Waals surface area contributed by atoms with Crippen molar-refractivity contribution in [3.63, 3.8) is 0 Å². The zero-order valence-corrected chi connectivity index (χ0v) is 20.3. The summed E-state index contributed by atoms with van der Waals surface area (Å²) in [5, 5.41) is 12.8. The summed E-state index contributed by atoms with van der Waals surface area (Å²) in [4.78, 5) is 14.0. The number of hydrogen-bond acceptors (Lipinski definition) is 4. The molecule has 0 radical (unpaired) electrons. The summed E-state index contributed by atoms with van der Waals surface area (Å²) in [5.41, 5.74) is 0.558. The van der Waals surface area contributed by atoms with E-state index in [1.165, 1.54) is 0 Å². The molecule has 0 aliphatic heterocycles. The third kappa shape index (κ3) is 4.07. The molecule has 0 saturated heterocycles. The molecular formula is C26H28Cl2O4. The third-order valence-electron chi connectivity index (χ3n) is 5.68. The SMILES string of the molecule is CCC/C=C1\C(=O)C(O)(c2ccc(Cl)c(Cl)c2)/C(=C\CCC)c2c(OC)ccc(OC)c21. The largest absolute Gasteiger partial charge is 0.496 e. The smallest absolute Gasteiger partial charge is 0.204 e. The second-order valence-electron chi connectivity index (χ2n) is 7.70. The Hall–Kier alpha value is -2.27. The molecule has 0 heterocycles. The molecule has 0 fully saturated rings. The van der Waals surface area contributed by atoms with Crippen LogP contribution in [0.3, 0.4) is 0 Å². The van der Waals surface area contributed by atoms with Gasteiger partial charge in [0, 0.05) is 22.3 Å². The number of ketones is 1. The van der Waals surface area contributed by atoms with E-state index in [-0.39, 0.29) is 5.02 Å². The number of benzene rings is 2. The molecule has 1 atom stereocenters. The molecule has 0 spiro atoms. The van der Waals surface area contributed by atoms with Gasteiger partial charge in [-0.25, -0.2) is 0 Å². The molecule has 3 rings (SSSR count). The Morgan fingerprint density at radius 1 is 0.906 bits per heavy atom. The number of fused-ring (bicyclic) bond motifs is 1. The summed E-state index contributed by atoms with van der Waals surface area (Å²) in [7, 11) is 3.14. The minimum absolute atomic E-state index is 0.266. The monoisotopic (exact) mass is 474 g/mol. The second kappa shape index (κ2) is 10.1. The van der Waals surface area contributed by atoms with Gasteiger partial charge >= 0.3 is 0 Å². The summed E-state index contributed by atoms with van der Waals surface area (Å²) in [6.07, 6.45) is 6.80. The van der Waals surface area contributed by atoms with Gasteiger partial charge in [0.25, 0.3) is 0 Å². The van der Waals surface area contributed by atoms with Gasteiger partial charge in [0.05, 0.1) is 24.3 Å². The van der Waals surface area contributed by atoms with Crippen LogP contribution >= 0.6 is 23.2 Å².